The average Bonchev–Trinajstić information content (AvgIpc) is 2.46. The first-order valence-electron chi connectivity index (χ1n) is 7.16. The molecule has 1 aromatic carbocycles. The van der Waals surface area contributed by atoms with Gasteiger partial charge in [0.2, 0.25) is 5.91 Å². The summed E-state index contributed by atoms with van der Waals surface area (Å²) in [5.74, 6) is -0.141. The highest BCUT2D eigenvalue weighted by Gasteiger charge is 2.14. The summed E-state index contributed by atoms with van der Waals surface area (Å²) in [5.41, 5.74) is 7.29. The second kappa shape index (κ2) is 8.42. The lowest BCUT2D eigenvalue weighted by molar-refractivity contribution is -0.116. The Labute approximate surface area is 125 Å². The molecular weight excluding hydrogens is 268 g/mol. The molecule has 0 aromatic heterocycles. The fourth-order valence-corrected chi connectivity index (χ4v) is 2.06. The molecule has 3 N–H and O–H groups in total. The summed E-state index contributed by atoms with van der Waals surface area (Å²) < 4.78 is 4.74. The van der Waals surface area contributed by atoms with Crippen molar-refractivity contribution in [3.05, 3.63) is 29.3 Å². The fraction of sp³-hybridized carbons (Fsp3) is 0.500. The summed E-state index contributed by atoms with van der Waals surface area (Å²) in [5, 5.41) is 2.78. The molecule has 0 aliphatic rings. The Hall–Kier alpha value is -1.88. The minimum absolute atomic E-state index is 0.104. The highest BCUT2D eigenvalue weighted by Crippen LogP contribution is 2.19. The van der Waals surface area contributed by atoms with Crippen LogP contribution in [-0.2, 0) is 9.53 Å². The molecule has 0 aliphatic heterocycles. The number of methoxy groups -OCH3 is 1. The van der Waals surface area contributed by atoms with Crippen molar-refractivity contribution in [3.63, 3.8) is 0 Å². The Morgan fingerprint density at radius 2 is 2.05 bits per heavy atom. The van der Waals surface area contributed by atoms with E-state index >= 15 is 0 Å². The summed E-state index contributed by atoms with van der Waals surface area (Å²) >= 11 is 0. The summed E-state index contributed by atoms with van der Waals surface area (Å²) in [7, 11) is 1.32. The van der Waals surface area contributed by atoms with Gasteiger partial charge < -0.3 is 15.8 Å². The number of esters is 1. The van der Waals surface area contributed by atoms with Crippen LogP contribution in [0.2, 0.25) is 0 Å². The number of hydrogen-bond acceptors (Lipinski definition) is 4. The number of aryl methyl sites for hydroxylation is 1. The Bertz CT molecular complexity index is 500. The topological polar surface area (TPSA) is 81.4 Å². The first kappa shape index (κ1) is 17.2. The normalized spacial score (nSPS) is 11.8. The van der Waals surface area contributed by atoms with E-state index in [2.05, 4.69) is 12.2 Å². The van der Waals surface area contributed by atoms with Gasteiger partial charge in [0.25, 0.3) is 0 Å². The highest BCUT2D eigenvalue weighted by atomic mass is 16.5. The largest absolute Gasteiger partial charge is 0.465 e. The number of carbonyl (C=O) groups is 2. The van der Waals surface area contributed by atoms with Crippen molar-refractivity contribution >= 4 is 17.6 Å². The molecule has 0 saturated carbocycles. The quantitative estimate of drug-likeness (QED) is 0.756. The summed E-state index contributed by atoms with van der Waals surface area (Å²) in [4.78, 5) is 23.7. The number of benzene rings is 1. The molecule has 0 bridgehead atoms. The van der Waals surface area contributed by atoms with Gasteiger partial charge in [0.15, 0.2) is 0 Å². The van der Waals surface area contributed by atoms with Crippen LogP contribution in [0.3, 0.4) is 0 Å². The van der Waals surface area contributed by atoms with Gasteiger partial charge in [-0.05, 0) is 44.4 Å². The first-order chi connectivity index (χ1) is 9.97. The molecule has 116 valence electrons. The van der Waals surface area contributed by atoms with Crippen molar-refractivity contribution in [2.45, 2.75) is 33.1 Å². The molecule has 1 aromatic rings. The Morgan fingerprint density at radius 3 is 2.67 bits per heavy atom. The molecule has 1 atom stereocenters. The fourth-order valence-electron chi connectivity index (χ4n) is 2.06. The summed E-state index contributed by atoms with van der Waals surface area (Å²) in [6.45, 7) is 4.59. The highest BCUT2D eigenvalue weighted by molar-refractivity contribution is 6.01. The van der Waals surface area contributed by atoms with Crippen LogP contribution in [0.1, 0.15) is 42.1 Å². The second-order valence-corrected chi connectivity index (χ2v) is 5.31. The Kier molecular flexibility index (Phi) is 6.88. The van der Waals surface area contributed by atoms with Crippen LogP contribution >= 0.6 is 0 Å². The van der Waals surface area contributed by atoms with Gasteiger partial charge in [-0.2, -0.15) is 0 Å². The van der Waals surface area contributed by atoms with Crippen molar-refractivity contribution in [1.82, 2.24) is 0 Å². The van der Waals surface area contributed by atoms with Crippen LogP contribution in [0.5, 0.6) is 0 Å². The standard InChI is InChI=1S/C16H24N2O3/c1-11(8-9-17)5-7-15(19)18-14-6-4-12(2)10-13(14)16(20)21-3/h4,6,10-11H,5,7-9,17H2,1-3H3,(H,18,19). The summed E-state index contributed by atoms with van der Waals surface area (Å²) in [6, 6.07) is 5.28. The molecule has 0 aliphatic carbocycles. The number of nitrogens with two attached hydrogens (primary N) is 1. The molecular formula is C16H24N2O3. The van der Waals surface area contributed by atoms with E-state index in [1.165, 1.54) is 7.11 Å². The molecule has 1 amide bonds. The van der Waals surface area contributed by atoms with Crippen LogP contribution in [0.4, 0.5) is 5.69 Å². The van der Waals surface area contributed by atoms with Crippen LogP contribution < -0.4 is 11.1 Å². The zero-order chi connectivity index (χ0) is 15.8. The second-order valence-electron chi connectivity index (χ2n) is 5.31. The van der Waals surface area contributed by atoms with E-state index in [0.29, 0.717) is 30.1 Å². The lowest BCUT2D eigenvalue weighted by atomic mass is 10.0. The molecule has 1 rings (SSSR count). The number of anilines is 1. The van der Waals surface area contributed by atoms with Gasteiger partial charge in [0.05, 0.1) is 18.4 Å². The molecule has 0 spiro atoms. The zero-order valence-electron chi connectivity index (χ0n) is 12.9. The van der Waals surface area contributed by atoms with E-state index in [0.717, 1.165) is 18.4 Å². The SMILES string of the molecule is COC(=O)c1cc(C)ccc1NC(=O)CCC(C)CCN. The predicted octanol–water partition coefficient (Wildman–Crippen LogP) is 2.49. The van der Waals surface area contributed by atoms with Crippen molar-refractivity contribution in [1.29, 1.82) is 0 Å². The molecule has 0 fully saturated rings. The number of amides is 1. The Balaban J connectivity index is 2.69. The number of hydrogen-bond donors (Lipinski definition) is 2. The number of rotatable bonds is 7. The van der Waals surface area contributed by atoms with Gasteiger partial charge in [-0.25, -0.2) is 4.79 Å². The van der Waals surface area contributed by atoms with Gasteiger partial charge in [0, 0.05) is 6.42 Å². The smallest absolute Gasteiger partial charge is 0.339 e. The number of carbonyl (C=O) groups excluding carboxylic acids is 2. The molecule has 1 unspecified atom stereocenters. The predicted molar refractivity (Wildman–Crippen MR) is 83.2 cm³/mol. The molecule has 0 heterocycles. The van der Waals surface area contributed by atoms with E-state index < -0.39 is 5.97 Å². The van der Waals surface area contributed by atoms with Crippen molar-refractivity contribution in [2.75, 3.05) is 19.0 Å². The summed E-state index contributed by atoms with van der Waals surface area (Å²) in [6.07, 6.45) is 2.10. The average molecular weight is 292 g/mol. The minimum atomic E-state index is -0.453. The molecule has 21 heavy (non-hydrogen) atoms. The van der Waals surface area contributed by atoms with E-state index in [9.17, 15) is 9.59 Å². The van der Waals surface area contributed by atoms with Crippen molar-refractivity contribution < 1.29 is 14.3 Å². The zero-order valence-corrected chi connectivity index (χ0v) is 12.9. The maximum Gasteiger partial charge on any atom is 0.339 e. The lowest BCUT2D eigenvalue weighted by Crippen LogP contribution is -2.16. The third kappa shape index (κ3) is 5.55. The molecule has 0 saturated heterocycles. The van der Waals surface area contributed by atoms with E-state index in [4.69, 9.17) is 10.5 Å². The van der Waals surface area contributed by atoms with Gasteiger partial charge in [0.1, 0.15) is 0 Å². The third-order valence-corrected chi connectivity index (χ3v) is 3.38. The number of ether oxygens (including phenoxy) is 1. The minimum Gasteiger partial charge on any atom is -0.465 e. The lowest BCUT2D eigenvalue weighted by Gasteiger charge is -2.12. The van der Waals surface area contributed by atoms with Gasteiger partial charge in [-0.15, -0.1) is 0 Å². The van der Waals surface area contributed by atoms with Gasteiger partial charge in [-0.3, -0.25) is 4.79 Å². The number of nitrogens with one attached hydrogen (secondary N) is 1. The maximum atomic E-state index is 12.0. The Morgan fingerprint density at radius 1 is 1.33 bits per heavy atom. The van der Waals surface area contributed by atoms with Crippen molar-refractivity contribution in [3.8, 4) is 0 Å². The van der Waals surface area contributed by atoms with Gasteiger partial charge in [-0.1, -0.05) is 18.6 Å². The van der Waals surface area contributed by atoms with Gasteiger partial charge >= 0.3 is 5.97 Å². The van der Waals surface area contributed by atoms with Crippen LogP contribution in [0, 0.1) is 12.8 Å². The van der Waals surface area contributed by atoms with Crippen molar-refractivity contribution in [2.24, 2.45) is 11.7 Å². The maximum absolute atomic E-state index is 12.0. The first-order valence-corrected chi connectivity index (χ1v) is 7.16. The van der Waals surface area contributed by atoms with E-state index in [1.807, 2.05) is 13.0 Å². The third-order valence-electron chi connectivity index (χ3n) is 3.38. The molecule has 0 radical (unpaired) electrons. The van der Waals surface area contributed by atoms with Crippen LogP contribution in [-0.4, -0.2) is 25.5 Å². The molecule has 5 heteroatoms. The van der Waals surface area contributed by atoms with Crippen LogP contribution in [0.15, 0.2) is 18.2 Å². The van der Waals surface area contributed by atoms with Crippen LogP contribution in [0.25, 0.3) is 0 Å². The van der Waals surface area contributed by atoms with E-state index in [1.54, 1.807) is 12.1 Å². The molecule has 5 nitrogen and oxygen atoms in total. The van der Waals surface area contributed by atoms with E-state index in [-0.39, 0.29) is 5.91 Å². The monoisotopic (exact) mass is 292 g/mol.